The molecule has 1 fully saturated rings. The number of benzene rings is 2. The maximum atomic E-state index is 12.8. The number of hydrogen-bond acceptors (Lipinski definition) is 5. The third-order valence-electron chi connectivity index (χ3n) is 4.08. The molecule has 1 saturated heterocycles. The predicted molar refractivity (Wildman–Crippen MR) is 115 cm³/mol. The van der Waals surface area contributed by atoms with Gasteiger partial charge in [0.25, 0.3) is 5.91 Å². The molecule has 2 aromatic carbocycles. The van der Waals surface area contributed by atoms with E-state index in [2.05, 4.69) is 4.99 Å². The Balaban J connectivity index is 1.88. The Hall–Kier alpha value is -2.73. The van der Waals surface area contributed by atoms with Gasteiger partial charge in [-0.3, -0.25) is 9.69 Å². The SMILES string of the molecule is CCOc1ccc(N=C2SC(=Cc3ccccc3OCC)C(=O)N2CC)cc1. The number of hydrogen-bond donors (Lipinski definition) is 0. The highest BCUT2D eigenvalue weighted by atomic mass is 32.2. The van der Waals surface area contributed by atoms with Crippen LogP contribution >= 0.6 is 11.8 Å². The molecular formula is C22H24N2O3S. The van der Waals surface area contributed by atoms with Crippen LogP contribution in [0.15, 0.2) is 58.4 Å². The minimum Gasteiger partial charge on any atom is -0.494 e. The molecular weight excluding hydrogens is 372 g/mol. The zero-order valence-electron chi connectivity index (χ0n) is 16.3. The molecule has 146 valence electrons. The number of aliphatic imine (C=N–C) groups is 1. The monoisotopic (exact) mass is 396 g/mol. The molecule has 5 nitrogen and oxygen atoms in total. The lowest BCUT2D eigenvalue weighted by molar-refractivity contribution is -0.122. The Labute approximate surface area is 170 Å². The number of amidine groups is 1. The number of carbonyl (C=O) groups excluding carboxylic acids is 1. The van der Waals surface area contributed by atoms with Crippen LogP contribution in [0.2, 0.25) is 0 Å². The van der Waals surface area contributed by atoms with Crippen molar-refractivity contribution >= 4 is 34.6 Å². The largest absolute Gasteiger partial charge is 0.494 e. The Kier molecular flexibility index (Phi) is 6.76. The summed E-state index contributed by atoms with van der Waals surface area (Å²) in [5.74, 6) is 1.54. The second-order valence-corrected chi connectivity index (χ2v) is 6.96. The van der Waals surface area contributed by atoms with Crippen molar-refractivity contribution in [1.82, 2.24) is 4.90 Å². The van der Waals surface area contributed by atoms with Crippen molar-refractivity contribution in [2.75, 3.05) is 19.8 Å². The van der Waals surface area contributed by atoms with E-state index in [1.807, 2.05) is 75.4 Å². The first-order valence-electron chi connectivity index (χ1n) is 9.41. The van der Waals surface area contributed by atoms with Gasteiger partial charge >= 0.3 is 0 Å². The molecule has 0 aromatic heterocycles. The Morgan fingerprint density at radius 3 is 2.39 bits per heavy atom. The van der Waals surface area contributed by atoms with Gasteiger partial charge in [-0.25, -0.2) is 4.99 Å². The van der Waals surface area contributed by atoms with Crippen molar-refractivity contribution in [3.63, 3.8) is 0 Å². The lowest BCUT2D eigenvalue weighted by atomic mass is 10.2. The molecule has 2 aromatic rings. The average Bonchev–Trinajstić information content (AvgIpc) is 2.99. The molecule has 28 heavy (non-hydrogen) atoms. The summed E-state index contributed by atoms with van der Waals surface area (Å²) in [6.07, 6.45) is 1.88. The molecule has 1 heterocycles. The van der Waals surface area contributed by atoms with E-state index < -0.39 is 0 Å². The Morgan fingerprint density at radius 2 is 1.71 bits per heavy atom. The van der Waals surface area contributed by atoms with E-state index in [0.29, 0.717) is 29.8 Å². The number of amides is 1. The van der Waals surface area contributed by atoms with Gasteiger partial charge in [-0.05, 0) is 68.9 Å². The second-order valence-electron chi connectivity index (χ2n) is 5.95. The van der Waals surface area contributed by atoms with Crippen LogP contribution in [0, 0.1) is 0 Å². The van der Waals surface area contributed by atoms with Crippen LogP contribution in [0.25, 0.3) is 6.08 Å². The van der Waals surface area contributed by atoms with Crippen LogP contribution < -0.4 is 9.47 Å². The van der Waals surface area contributed by atoms with Crippen LogP contribution in [0.3, 0.4) is 0 Å². The van der Waals surface area contributed by atoms with Gasteiger partial charge in [-0.15, -0.1) is 0 Å². The van der Waals surface area contributed by atoms with Crippen LogP contribution in [0.1, 0.15) is 26.3 Å². The number of ether oxygens (including phenoxy) is 2. The van der Waals surface area contributed by atoms with Crippen LogP contribution in [-0.2, 0) is 4.79 Å². The molecule has 0 aliphatic carbocycles. The Bertz CT molecular complexity index is 891. The maximum Gasteiger partial charge on any atom is 0.266 e. The minimum atomic E-state index is -0.0384. The number of para-hydroxylation sites is 1. The second kappa shape index (κ2) is 9.46. The molecule has 0 unspecified atom stereocenters. The van der Waals surface area contributed by atoms with Crippen LogP contribution in [0.5, 0.6) is 11.5 Å². The van der Waals surface area contributed by atoms with Crippen LogP contribution in [0.4, 0.5) is 5.69 Å². The zero-order valence-corrected chi connectivity index (χ0v) is 17.2. The fourth-order valence-electron chi connectivity index (χ4n) is 2.79. The highest BCUT2D eigenvalue weighted by Crippen LogP contribution is 2.35. The van der Waals surface area contributed by atoms with E-state index in [4.69, 9.17) is 9.47 Å². The van der Waals surface area contributed by atoms with Crippen molar-refractivity contribution in [1.29, 1.82) is 0 Å². The molecule has 0 radical (unpaired) electrons. The standard InChI is InChI=1S/C22H24N2O3S/c1-4-24-21(25)20(15-16-9-7-8-10-19(16)27-6-3)28-22(24)23-17-11-13-18(14-12-17)26-5-2/h7-15H,4-6H2,1-3H3. The van der Waals surface area contributed by atoms with E-state index in [9.17, 15) is 4.79 Å². The molecule has 0 atom stereocenters. The molecule has 6 heteroatoms. The first-order chi connectivity index (χ1) is 13.7. The maximum absolute atomic E-state index is 12.8. The molecule has 0 spiro atoms. The van der Waals surface area contributed by atoms with Gasteiger partial charge in [-0.2, -0.15) is 0 Å². The van der Waals surface area contributed by atoms with Crippen molar-refractivity contribution in [3.05, 3.63) is 59.0 Å². The van der Waals surface area contributed by atoms with E-state index in [1.54, 1.807) is 4.90 Å². The number of nitrogens with zero attached hydrogens (tertiary/aromatic N) is 2. The van der Waals surface area contributed by atoms with E-state index in [0.717, 1.165) is 22.7 Å². The third-order valence-corrected chi connectivity index (χ3v) is 5.09. The normalized spacial score (nSPS) is 16.8. The first-order valence-corrected chi connectivity index (χ1v) is 10.2. The van der Waals surface area contributed by atoms with Crippen molar-refractivity contribution in [2.45, 2.75) is 20.8 Å². The van der Waals surface area contributed by atoms with Gasteiger partial charge in [0.2, 0.25) is 0 Å². The van der Waals surface area contributed by atoms with Gasteiger partial charge in [0.05, 0.1) is 23.8 Å². The lowest BCUT2D eigenvalue weighted by Gasteiger charge is -2.12. The molecule has 0 saturated carbocycles. The van der Waals surface area contributed by atoms with Gasteiger partial charge in [0, 0.05) is 12.1 Å². The van der Waals surface area contributed by atoms with Gasteiger partial charge in [-0.1, -0.05) is 18.2 Å². The van der Waals surface area contributed by atoms with Gasteiger partial charge < -0.3 is 9.47 Å². The molecule has 3 rings (SSSR count). The van der Waals surface area contributed by atoms with E-state index >= 15 is 0 Å². The highest BCUT2D eigenvalue weighted by molar-refractivity contribution is 8.18. The predicted octanol–water partition coefficient (Wildman–Crippen LogP) is 5.11. The van der Waals surface area contributed by atoms with Crippen molar-refractivity contribution < 1.29 is 14.3 Å². The summed E-state index contributed by atoms with van der Waals surface area (Å²) < 4.78 is 11.1. The van der Waals surface area contributed by atoms with Gasteiger partial charge in [0.1, 0.15) is 11.5 Å². The number of thioether (sulfide) groups is 1. The smallest absolute Gasteiger partial charge is 0.266 e. The topological polar surface area (TPSA) is 51.1 Å². The number of likely N-dealkylation sites (N-methyl/N-ethyl adjacent to an activating group) is 1. The lowest BCUT2D eigenvalue weighted by Crippen LogP contribution is -2.28. The summed E-state index contributed by atoms with van der Waals surface area (Å²) in [5.41, 5.74) is 1.67. The molecule has 0 bridgehead atoms. The quantitative estimate of drug-likeness (QED) is 0.611. The van der Waals surface area contributed by atoms with E-state index in [-0.39, 0.29) is 5.91 Å². The average molecular weight is 397 g/mol. The van der Waals surface area contributed by atoms with Crippen molar-refractivity contribution in [3.8, 4) is 11.5 Å². The highest BCUT2D eigenvalue weighted by Gasteiger charge is 2.32. The van der Waals surface area contributed by atoms with Crippen molar-refractivity contribution in [2.24, 2.45) is 4.99 Å². The first kappa shape index (κ1) is 20.0. The summed E-state index contributed by atoms with van der Waals surface area (Å²) in [7, 11) is 0. The van der Waals surface area contributed by atoms with Crippen LogP contribution in [-0.4, -0.2) is 35.7 Å². The summed E-state index contributed by atoms with van der Waals surface area (Å²) in [6.45, 7) is 7.60. The molecule has 1 amide bonds. The van der Waals surface area contributed by atoms with Gasteiger partial charge in [0.15, 0.2) is 5.17 Å². The summed E-state index contributed by atoms with van der Waals surface area (Å²) in [5, 5.41) is 0.678. The molecule has 1 aliphatic heterocycles. The molecule has 1 aliphatic rings. The summed E-state index contributed by atoms with van der Waals surface area (Å²) in [4.78, 5) is 19.8. The summed E-state index contributed by atoms with van der Waals surface area (Å²) in [6, 6.07) is 15.3. The Morgan fingerprint density at radius 1 is 1.00 bits per heavy atom. The molecule has 0 N–H and O–H groups in total. The number of carbonyl (C=O) groups is 1. The zero-order chi connectivity index (χ0) is 19.9. The summed E-state index contributed by atoms with van der Waals surface area (Å²) >= 11 is 1.38. The number of rotatable bonds is 7. The van der Waals surface area contributed by atoms with E-state index in [1.165, 1.54) is 11.8 Å². The minimum absolute atomic E-state index is 0.0384. The third kappa shape index (κ3) is 4.57. The fourth-order valence-corrected chi connectivity index (χ4v) is 3.85. The fraction of sp³-hybridized carbons (Fsp3) is 0.273.